The second-order valence-electron chi connectivity index (χ2n) is 6.94. The molecular weight excluding hydrogens is 356 g/mol. The average Bonchev–Trinajstić information content (AvgIpc) is 3.11. The van der Waals surface area contributed by atoms with Gasteiger partial charge in [0.2, 0.25) is 0 Å². The lowest BCUT2D eigenvalue weighted by atomic mass is 10.0. The van der Waals surface area contributed by atoms with E-state index in [1.807, 2.05) is 36.4 Å². The Labute approximate surface area is 162 Å². The molecule has 3 aromatic rings. The molecule has 1 aliphatic rings. The summed E-state index contributed by atoms with van der Waals surface area (Å²) in [6, 6.07) is 12.6. The highest BCUT2D eigenvalue weighted by atomic mass is 16.5. The Kier molecular flexibility index (Phi) is 4.55. The number of carbonyl (C=O) groups is 1. The lowest BCUT2D eigenvalue weighted by Crippen LogP contribution is -2.29. The molecule has 28 heavy (non-hydrogen) atoms. The standard InChI is InChI=1S/C22H22N2O4/c1-24-18-7-5-4-6-14(18)16(12-21(24)25)22(26)23-17-9-8-13-10-19(27-2)20(28-3)11-15(13)17/h4-7,10-12,17H,8-9H2,1-3H3,(H,23,26)/t17-/m0/s1. The minimum absolute atomic E-state index is 0.134. The van der Waals surface area contributed by atoms with Gasteiger partial charge in [-0.25, -0.2) is 0 Å². The highest BCUT2D eigenvalue weighted by Crippen LogP contribution is 2.39. The van der Waals surface area contributed by atoms with E-state index in [4.69, 9.17) is 9.47 Å². The molecule has 1 aromatic heterocycles. The third kappa shape index (κ3) is 2.91. The summed E-state index contributed by atoms with van der Waals surface area (Å²) in [5.74, 6) is 1.08. The van der Waals surface area contributed by atoms with Crippen LogP contribution in [0.5, 0.6) is 11.5 Å². The number of amides is 1. The number of hydrogen-bond acceptors (Lipinski definition) is 4. The number of para-hydroxylation sites is 1. The zero-order valence-corrected chi connectivity index (χ0v) is 16.1. The molecule has 1 N–H and O–H groups in total. The smallest absolute Gasteiger partial charge is 0.252 e. The molecule has 6 nitrogen and oxygen atoms in total. The number of aromatic nitrogens is 1. The van der Waals surface area contributed by atoms with E-state index >= 15 is 0 Å². The van der Waals surface area contributed by atoms with Gasteiger partial charge in [0, 0.05) is 18.5 Å². The van der Waals surface area contributed by atoms with E-state index in [0.29, 0.717) is 17.1 Å². The summed E-state index contributed by atoms with van der Waals surface area (Å²) in [6.45, 7) is 0. The van der Waals surface area contributed by atoms with Crippen molar-refractivity contribution in [2.24, 2.45) is 7.05 Å². The third-order valence-corrected chi connectivity index (χ3v) is 5.43. The third-order valence-electron chi connectivity index (χ3n) is 5.43. The number of aryl methyl sites for hydroxylation is 2. The number of carbonyl (C=O) groups excluding carboxylic acids is 1. The molecule has 6 heteroatoms. The first-order chi connectivity index (χ1) is 13.5. The molecule has 0 spiro atoms. The summed E-state index contributed by atoms with van der Waals surface area (Å²) in [7, 11) is 4.91. The Hall–Kier alpha value is -3.28. The maximum Gasteiger partial charge on any atom is 0.252 e. The molecule has 1 atom stereocenters. The number of pyridine rings is 1. The molecule has 0 unspecified atom stereocenters. The van der Waals surface area contributed by atoms with Crippen LogP contribution in [-0.2, 0) is 13.5 Å². The van der Waals surface area contributed by atoms with Gasteiger partial charge in [0.1, 0.15) is 0 Å². The fourth-order valence-corrected chi connectivity index (χ4v) is 3.92. The van der Waals surface area contributed by atoms with Crippen LogP contribution >= 0.6 is 0 Å². The summed E-state index contributed by atoms with van der Waals surface area (Å²) in [4.78, 5) is 25.4. The Morgan fingerprint density at radius 1 is 1.11 bits per heavy atom. The molecule has 144 valence electrons. The number of rotatable bonds is 4. The topological polar surface area (TPSA) is 69.6 Å². The Bertz CT molecular complexity index is 1130. The molecule has 0 saturated carbocycles. The number of nitrogens with one attached hydrogen (secondary N) is 1. The van der Waals surface area contributed by atoms with Crippen LogP contribution in [0.2, 0.25) is 0 Å². The van der Waals surface area contributed by atoms with Gasteiger partial charge in [-0.05, 0) is 42.2 Å². The van der Waals surface area contributed by atoms with Crippen molar-refractivity contribution in [2.75, 3.05) is 14.2 Å². The van der Waals surface area contributed by atoms with E-state index in [0.717, 1.165) is 34.9 Å². The van der Waals surface area contributed by atoms with Gasteiger partial charge >= 0.3 is 0 Å². The van der Waals surface area contributed by atoms with Crippen LogP contribution in [0, 0.1) is 0 Å². The number of hydrogen-bond donors (Lipinski definition) is 1. The van der Waals surface area contributed by atoms with Gasteiger partial charge in [-0.3, -0.25) is 9.59 Å². The molecule has 0 saturated heterocycles. The Morgan fingerprint density at radius 3 is 2.57 bits per heavy atom. The highest BCUT2D eigenvalue weighted by molar-refractivity contribution is 6.06. The maximum atomic E-state index is 13.1. The van der Waals surface area contributed by atoms with Crippen LogP contribution in [-0.4, -0.2) is 24.7 Å². The van der Waals surface area contributed by atoms with E-state index in [-0.39, 0.29) is 17.5 Å². The van der Waals surface area contributed by atoms with Gasteiger partial charge in [-0.2, -0.15) is 0 Å². The summed E-state index contributed by atoms with van der Waals surface area (Å²) in [6.07, 6.45) is 1.64. The van der Waals surface area contributed by atoms with E-state index in [9.17, 15) is 9.59 Å². The number of methoxy groups -OCH3 is 2. The second-order valence-corrected chi connectivity index (χ2v) is 6.94. The monoisotopic (exact) mass is 378 g/mol. The van der Waals surface area contributed by atoms with Crippen molar-refractivity contribution in [1.29, 1.82) is 0 Å². The van der Waals surface area contributed by atoms with Crippen molar-refractivity contribution in [3.8, 4) is 11.5 Å². The van der Waals surface area contributed by atoms with Gasteiger partial charge in [-0.1, -0.05) is 18.2 Å². The number of nitrogens with zero attached hydrogens (tertiary/aromatic N) is 1. The van der Waals surface area contributed by atoms with Gasteiger partial charge in [0.05, 0.1) is 31.3 Å². The van der Waals surface area contributed by atoms with Gasteiger partial charge in [0.15, 0.2) is 11.5 Å². The van der Waals surface area contributed by atoms with Crippen molar-refractivity contribution in [2.45, 2.75) is 18.9 Å². The molecule has 1 heterocycles. The highest BCUT2D eigenvalue weighted by Gasteiger charge is 2.27. The fourth-order valence-electron chi connectivity index (χ4n) is 3.92. The summed E-state index contributed by atoms with van der Waals surface area (Å²) >= 11 is 0. The number of ether oxygens (including phenoxy) is 2. The average molecular weight is 378 g/mol. The predicted octanol–water partition coefficient (Wildman–Crippen LogP) is 2.97. The van der Waals surface area contributed by atoms with Crippen molar-refractivity contribution >= 4 is 16.8 Å². The van der Waals surface area contributed by atoms with Crippen LogP contribution < -0.4 is 20.3 Å². The van der Waals surface area contributed by atoms with Crippen LogP contribution in [0.1, 0.15) is 33.9 Å². The molecule has 0 aliphatic heterocycles. The van der Waals surface area contributed by atoms with Crippen LogP contribution in [0.25, 0.3) is 10.9 Å². The van der Waals surface area contributed by atoms with E-state index in [1.54, 1.807) is 25.8 Å². The minimum atomic E-state index is -0.249. The molecule has 1 amide bonds. The molecule has 0 fully saturated rings. The van der Waals surface area contributed by atoms with E-state index < -0.39 is 0 Å². The van der Waals surface area contributed by atoms with Gasteiger partial charge < -0.3 is 19.4 Å². The maximum absolute atomic E-state index is 13.1. The Morgan fingerprint density at radius 2 is 1.82 bits per heavy atom. The van der Waals surface area contributed by atoms with Gasteiger partial charge in [-0.15, -0.1) is 0 Å². The zero-order chi connectivity index (χ0) is 19.8. The molecule has 0 radical (unpaired) electrons. The SMILES string of the molecule is COc1cc2c(cc1OC)[C@@H](NC(=O)c1cc(=O)n(C)c3ccccc13)CC2. The first kappa shape index (κ1) is 18.1. The van der Waals surface area contributed by atoms with Crippen molar-refractivity contribution < 1.29 is 14.3 Å². The quantitative estimate of drug-likeness (QED) is 0.758. The second kappa shape index (κ2) is 7.03. The molecule has 1 aliphatic carbocycles. The van der Waals surface area contributed by atoms with Crippen molar-refractivity contribution in [3.05, 3.63) is 69.5 Å². The van der Waals surface area contributed by atoms with Gasteiger partial charge in [0.25, 0.3) is 11.5 Å². The lowest BCUT2D eigenvalue weighted by Gasteiger charge is -2.17. The minimum Gasteiger partial charge on any atom is -0.493 e. The first-order valence-electron chi connectivity index (χ1n) is 9.18. The molecule has 4 rings (SSSR count). The fraction of sp³-hybridized carbons (Fsp3) is 0.273. The number of fused-ring (bicyclic) bond motifs is 2. The summed E-state index contributed by atoms with van der Waals surface area (Å²) in [5, 5.41) is 3.85. The first-order valence-corrected chi connectivity index (χ1v) is 9.18. The molecular formula is C22H22N2O4. The predicted molar refractivity (Wildman–Crippen MR) is 107 cm³/mol. The van der Waals surface area contributed by atoms with Crippen LogP contribution in [0.15, 0.2) is 47.3 Å². The van der Waals surface area contributed by atoms with Crippen molar-refractivity contribution in [1.82, 2.24) is 9.88 Å². The summed E-state index contributed by atoms with van der Waals surface area (Å²) in [5.41, 5.74) is 3.09. The zero-order valence-electron chi connectivity index (χ0n) is 16.1. The van der Waals surface area contributed by atoms with Crippen molar-refractivity contribution in [3.63, 3.8) is 0 Å². The lowest BCUT2D eigenvalue weighted by molar-refractivity contribution is 0.0938. The number of benzene rings is 2. The van der Waals surface area contributed by atoms with Crippen LogP contribution in [0.4, 0.5) is 0 Å². The molecule has 2 aromatic carbocycles. The van der Waals surface area contributed by atoms with E-state index in [1.165, 1.54) is 6.07 Å². The largest absolute Gasteiger partial charge is 0.493 e. The Balaban J connectivity index is 1.70. The van der Waals surface area contributed by atoms with E-state index in [2.05, 4.69) is 5.32 Å². The summed E-state index contributed by atoms with van der Waals surface area (Å²) < 4.78 is 12.3. The molecule has 0 bridgehead atoms. The van der Waals surface area contributed by atoms with Crippen LogP contribution in [0.3, 0.4) is 0 Å². The normalized spacial score (nSPS) is 15.3.